The van der Waals surface area contributed by atoms with E-state index in [-0.39, 0.29) is 5.41 Å². The van der Waals surface area contributed by atoms with Crippen molar-refractivity contribution in [1.82, 2.24) is 10.2 Å². The topological polar surface area (TPSA) is 55.3 Å². The summed E-state index contributed by atoms with van der Waals surface area (Å²) in [7, 11) is 5.21. The molecule has 3 rings (SSSR count). The van der Waals surface area contributed by atoms with Crippen molar-refractivity contribution in [3.8, 4) is 11.5 Å². The Bertz CT molecular complexity index is 721. The predicted octanol–water partition coefficient (Wildman–Crippen LogP) is 4.23. The van der Waals surface area contributed by atoms with E-state index >= 15 is 0 Å². The van der Waals surface area contributed by atoms with Gasteiger partial charge in [-0.2, -0.15) is 0 Å². The lowest BCUT2D eigenvalue weighted by Gasteiger charge is -2.36. The van der Waals surface area contributed by atoms with Crippen LogP contribution >= 0.6 is 0 Å². The molecule has 31 heavy (non-hydrogen) atoms. The molecule has 0 unspecified atom stereocenters. The van der Waals surface area contributed by atoms with E-state index in [4.69, 9.17) is 14.2 Å². The van der Waals surface area contributed by atoms with Gasteiger partial charge < -0.3 is 24.4 Å². The van der Waals surface area contributed by atoms with Gasteiger partial charge in [-0.3, -0.25) is 4.99 Å². The van der Waals surface area contributed by atoms with Crippen molar-refractivity contribution in [2.45, 2.75) is 63.9 Å². The number of aliphatic imine (C=N–C) groups is 1. The lowest BCUT2D eigenvalue weighted by Crippen LogP contribution is -2.49. The Kier molecular flexibility index (Phi) is 8.47. The maximum Gasteiger partial charge on any atom is 0.193 e. The Labute approximate surface area is 188 Å². The van der Waals surface area contributed by atoms with Gasteiger partial charge in [0.15, 0.2) is 17.5 Å². The number of benzene rings is 1. The fourth-order valence-electron chi connectivity index (χ4n) is 4.68. The second kappa shape index (κ2) is 11.1. The number of nitrogens with zero attached hydrogens (tertiary/aromatic N) is 2. The van der Waals surface area contributed by atoms with Crippen molar-refractivity contribution in [3.63, 3.8) is 0 Å². The lowest BCUT2D eigenvalue weighted by molar-refractivity contribution is 0.000990. The summed E-state index contributed by atoms with van der Waals surface area (Å²) in [6, 6.07) is 6.15. The summed E-state index contributed by atoms with van der Waals surface area (Å²) in [6.07, 6.45) is 8.02. The number of hydrogen-bond donors (Lipinski definition) is 1. The van der Waals surface area contributed by atoms with Crippen molar-refractivity contribution in [2.75, 3.05) is 47.5 Å². The highest BCUT2D eigenvalue weighted by molar-refractivity contribution is 5.80. The summed E-state index contributed by atoms with van der Waals surface area (Å²) < 4.78 is 17.1. The van der Waals surface area contributed by atoms with Crippen LogP contribution in [-0.4, -0.2) is 64.5 Å². The molecule has 1 aliphatic heterocycles. The molecule has 0 aromatic heterocycles. The number of hydrogen-bond acceptors (Lipinski definition) is 4. The molecule has 0 amide bonds. The van der Waals surface area contributed by atoms with Gasteiger partial charge in [0.05, 0.1) is 20.3 Å². The first kappa shape index (κ1) is 23.7. The molecule has 1 saturated heterocycles. The Hall–Kier alpha value is -1.95. The highest BCUT2D eigenvalue weighted by atomic mass is 16.5. The molecular weight excluding hydrogens is 390 g/mol. The molecule has 6 nitrogen and oxygen atoms in total. The summed E-state index contributed by atoms with van der Waals surface area (Å²) in [5, 5.41) is 3.60. The molecule has 0 atom stereocenters. The van der Waals surface area contributed by atoms with E-state index in [2.05, 4.69) is 41.2 Å². The highest BCUT2D eigenvalue weighted by Gasteiger charge is 2.26. The molecule has 1 N–H and O–H groups in total. The Morgan fingerprint density at radius 1 is 1.06 bits per heavy atom. The molecular formula is C25H41N3O3. The molecule has 1 heterocycles. The zero-order valence-electron chi connectivity index (χ0n) is 20.1. The van der Waals surface area contributed by atoms with Crippen molar-refractivity contribution in [3.05, 3.63) is 23.8 Å². The molecule has 0 spiro atoms. The Morgan fingerprint density at radius 3 is 2.35 bits per heavy atom. The van der Waals surface area contributed by atoms with Crippen LogP contribution in [0.25, 0.3) is 0 Å². The number of likely N-dealkylation sites (tertiary alicyclic amines) is 1. The smallest absolute Gasteiger partial charge is 0.193 e. The van der Waals surface area contributed by atoms with Gasteiger partial charge in [0.25, 0.3) is 0 Å². The predicted molar refractivity (Wildman–Crippen MR) is 126 cm³/mol. The maximum atomic E-state index is 6.23. The average molecular weight is 432 g/mol. The molecule has 1 aromatic rings. The van der Waals surface area contributed by atoms with Crippen molar-refractivity contribution in [2.24, 2.45) is 10.9 Å². The van der Waals surface area contributed by atoms with Crippen LogP contribution in [0, 0.1) is 5.92 Å². The fourth-order valence-corrected chi connectivity index (χ4v) is 4.68. The number of piperidine rings is 1. The molecule has 0 bridgehead atoms. The summed E-state index contributed by atoms with van der Waals surface area (Å²) in [6.45, 7) is 8.19. The van der Waals surface area contributed by atoms with Gasteiger partial charge in [-0.1, -0.05) is 32.8 Å². The van der Waals surface area contributed by atoms with Crippen LogP contribution in [0.15, 0.2) is 23.2 Å². The van der Waals surface area contributed by atoms with E-state index in [1.807, 2.05) is 13.1 Å². The zero-order chi connectivity index (χ0) is 22.3. The van der Waals surface area contributed by atoms with E-state index in [1.165, 1.54) is 31.2 Å². The summed E-state index contributed by atoms with van der Waals surface area (Å²) in [5.74, 6) is 3.29. The molecule has 1 saturated carbocycles. The number of guanidine groups is 1. The summed E-state index contributed by atoms with van der Waals surface area (Å²) in [5.41, 5.74) is 1.12. The number of methoxy groups -OCH3 is 2. The van der Waals surface area contributed by atoms with Crippen molar-refractivity contribution < 1.29 is 14.2 Å². The standard InChI is InChI=1S/C25H41N3O3/c1-25(2,20-10-11-22(29-4)23(16-20)30-5)18-27-24(26-3)28-14-12-21(13-15-28)31-17-19-8-6-7-9-19/h10-11,16,19,21H,6-9,12-15,17-18H2,1-5H3,(H,26,27). The van der Waals surface area contributed by atoms with Crippen LogP contribution in [0.5, 0.6) is 11.5 Å². The van der Waals surface area contributed by atoms with E-state index in [0.29, 0.717) is 6.10 Å². The van der Waals surface area contributed by atoms with Crippen LogP contribution in [-0.2, 0) is 10.2 Å². The number of nitrogens with one attached hydrogen (secondary N) is 1. The first-order valence-corrected chi connectivity index (χ1v) is 11.8. The molecule has 0 radical (unpaired) electrons. The minimum absolute atomic E-state index is 0.0851. The molecule has 6 heteroatoms. The van der Waals surface area contributed by atoms with Crippen molar-refractivity contribution >= 4 is 5.96 Å². The van der Waals surface area contributed by atoms with Crippen molar-refractivity contribution in [1.29, 1.82) is 0 Å². The van der Waals surface area contributed by atoms with Crippen LogP contribution in [0.2, 0.25) is 0 Å². The second-order valence-corrected chi connectivity index (χ2v) is 9.52. The van der Waals surface area contributed by atoms with Crippen LogP contribution in [0.4, 0.5) is 0 Å². The van der Waals surface area contributed by atoms with Crippen LogP contribution in [0.1, 0.15) is 57.9 Å². The van der Waals surface area contributed by atoms with Gasteiger partial charge in [-0.05, 0) is 49.3 Å². The van der Waals surface area contributed by atoms with Crippen LogP contribution < -0.4 is 14.8 Å². The third kappa shape index (κ3) is 6.28. The highest BCUT2D eigenvalue weighted by Crippen LogP contribution is 2.33. The van der Waals surface area contributed by atoms with E-state index in [0.717, 1.165) is 62.5 Å². The lowest BCUT2D eigenvalue weighted by atomic mass is 9.84. The van der Waals surface area contributed by atoms with Gasteiger partial charge in [-0.25, -0.2) is 0 Å². The first-order chi connectivity index (χ1) is 15.0. The van der Waals surface area contributed by atoms with Gasteiger partial charge in [-0.15, -0.1) is 0 Å². The average Bonchev–Trinajstić information content (AvgIpc) is 3.32. The third-order valence-electron chi connectivity index (χ3n) is 6.85. The quantitative estimate of drug-likeness (QED) is 0.493. The number of rotatable bonds is 8. The summed E-state index contributed by atoms with van der Waals surface area (Å²) >= 11 is 0. The minimum atomic E-state index is -0.0851. The second-order valence-electron chi connectivity index (χ2n) is 9.52. The van der Waals surface area contributed by atoms with Gasteiger partial charge in [0, 0.05) is 38.7 Å². The number of ether oxygens (including phenoxy) is 3. The largest absolute Gasteiger partial charge is 0.493 e. The monoisotopic (exact) mass is 431 g/mol. The van der Waals surface area contributed by atoms with Gasteiger partial charge in [0.1, 0.15) is 0 Å². The Balaban J connectivity index is 1.49. The molecule has 1 aromatic carbocycles. The van der Waals surface area contributed by atoms with E-state index in [9.17, 15) is 0 Å². The molecule has 1 aliphatic carbocycles. The van der Waals surface area contributed by atoms with E-state index in [1.54, 1.807) is 14.2 Å². The van der Waals surface area contributed by atoms with Gasteiger partial charge in [0.2, 0.25) is 0 Å². The third-order valence-corrected chi connectivity index (χ3v) is 6.85. The van der Waals surface area contributed by atoms with Gasteiger partial charge >= 0.3 is 0 Å². The Morgan fingerprint density at radius 2 is 1.74 bits per heavy atom. The fraction of sp³-hybridized carbons (Fsp3) is 0.720. The first-order valence-electron chi connectivity index (χ1n) is 11.8. The maximum absolute atomic E-state index is 6.23. The minimum Gasteiger partial charge on any atom is -0.493 e. The normalized spacial score (nSPS) is 19.0. The molecule has 174 valence electrons. The molecule has 2 fully saturated rings. The zero-order valence-corrected chi connectivity index (χ0v) is 20.1. The van der Waals surface area contributed by atoms with Crippen LogP contribution in [0.3, 0.4) is 0 Å². The summed E-state index contributed by atoms with van der Waals surface area (Å²) in [4.78, 5) is 6.91. The van der Waals surface area contributed by atoms with E-state index < -0.39 is 0 Å². The molecule has 2 aliphatic rings. The SMILES string of the molecule is CN=C(NCC(C)(C)c1ccc(OC)c(OC)c1)N1CCC(OCC2CCCC2)CC1.